The zero-order chi connectivity index (χ0) is 13.5. The van der Waals surface area contributed by atoms with Gasteiger partial charge < -0.3 is 20.1 Å². The maximum atomic E-state index is 11.1. The van der Waals surface area contributed by atoms with E-state index in [-0.39, 0.29) is 6.42 Å². The molecule has 2 atom stereocenters. The van der Waals surface area contributed by atoms with E-state index < -0.39 is 24.6 Å². The van der Waals surface area contributed by atoms with E-state index in [0.717, 1.165) is 5.56 Å². The van der Waals surface area contributed by atoms with Gasteiger partial charge in [-0.25, -0.2) is 0 Å². The van der Waals surface area contributed by atoms with Crippen molar-refractivity contribution in [2.75, 3.05) is 13.7 Å². The fourth-order valence-electron chi connectivity index (χ4n) is 1.76. The highest BCUT2D eigenvalue weighted by Gasteiger charge is 2.21. The van der Waals surface area contributed by atoms with Crippen LogP contribution in [0.25, 0.3) is 0 Å². The van der Waals surface area contributed by atoms with E-state index in [1.54, 1.807) is 25.3 Å². The molecule has 0 aromatic heterocycles. The first-order valence-electron chi connectivity index (χ1n) is 5.71. The molecule has 0 heterocycles. The predicted molar refractivity (Wildman–Crippen MR) is 65.5 cm³/mol. The number of carbonyl (C=O) groups is 1. The Morgan fingerprint density at radius 1 is 1.44 bits per heavy atom. The summed E-state index contributed by atoms with van der Waals surface area (Å²) < 4.78 is 5.06. The number of aliphatic carboxylic acids is 1. The lowest BCUT2D eigenvalue weighted by molar-refractivity contribution is -0.143. The lowest BCUT2D eigenvalue weighted by Crippen LogP contribution is -2.24. The normalized spacial score (nSPS) is 13.9. The van der Waals surface area contributed by atoms with E-state index in [4.69, 9.17) is 14.9 Å². The number of aliphatic hydroxyl groups is 2. The predicted octanol–water partition coefficient (Wildman–Crippen LogP) is 0.682. The third kappa shape index (κ3) is 4.35. The second-order valence-corrected chi connectivity index (χ2v) is 4.16. The molecule has 1 aromatic rings. The van der Waals surface area contributed by atoms with Crippen LogP contribution in [0, 0.1) is 5.92 Å². The van der Waals surface area contributed by atoms with E-state index in [1.165, 1.54) is 0 Å². The van der Waals surface area contributed by atoms with Crippen LogP contribution in [0.5, 0.6) is 5.75 Å². The molecule has 0 aliphatic carbocycles. The maximum Gasteiger partial charge on any atom is 0.306 e. The van der Waals surface area contributed by atoms with Crippen LogP contribution >= 0.6 is 0 Å². The van der Waals surface area contributed by atoms with Gasteiger partial charge in [-0.2, -0.15) is 0 Å². The molecule has 1 aromatic carbocycles. The van der Waals surface area contributed by atoms with E-state index in [0.29, 0.717) is 12.2 Å². The van der Waals surface area contributed by atoms with Crippen molar-refractivity contribution >= 4 is 5.97 Å². The molecule has 5 heteroatoms. The van der Waals surface area contributed by atoms with Crippen LogP contribution in [0.15, 0.2) is 24.3 Å². The molecule has 5 nitrogen and oxygen atoms in total. The molecule has 0 radical (unpaired) electrons. The summed E-state index contributed by atoms with van der Waals surface area (Å²) >= 11 is 0. The zero-order valence-electron chi connectivity index (χ0n) is 10.2. The van der Waals surface area contributed by atoms with Gasteiger partial charge in [-0.15, -0.1) is 0 Å². The molecular weight excluding hydrogens is 236 g/mol. The molecule has 0 bridgehead atoms. The Morgan fingerprint density at radius 2 is 2.17 bits per heavy atom. The number of hydrogen-bond acceptors (Lipinski definition) is 4. The molecule has 0 saturated heterocycles. The standard InChI is InChI=1S/C13H18O5/c1-18-12-4-2-3-9(6-12)5-10(13(16)17)7-11(15)8-14/h2-4,6,10-11,14-15H,5,7-8H2,1H3,(H,16,17). The van der Waals surface area contributed by atoms with Crippen LogP contribution < -0.4 is 4.74 Å². The molecule has 0 saturated carbocycles. The number of methoxy groups -OCH3 is 1. The Hall–Kier alpha value is -1.59. The van der Waals surface area contributed by atoms with Crippen molar-refractivity contribution in [3.63, 3.8) is 0 Å². The summed E-state index contributed by atoms with van der Waals surface area (Å²) in [5, 5.41) is 27.2. The van der Waals surface area contributed by atoms with Gasteiger partial charge in [0.15, 0.2) is 0 Å². The van der Waals surface area contributed by atoms with Crippen molar-refractivity contribution in [3.05, 3.63) is 29.8 Å². The van der Waals surface area contributed by atoms with E-state index in [9.17, 15) is 9.90 Å². The minimum absolute atomic E-state index is 0.0308. The summed E-state index contributed by atoms with van der Waals surface area (Å²) in [5.74, 6) is -1.04. The number of ether oxygens (including phenoxy) is 1. The average molecular weight is 254 g/mol. The quantitative estimate of drug-likeness (QED) is 0.666. The summed E-state index contributed by atoms with van der Waals surface area (Å²) in [4.78, 5) is 11.1. The number of carboxylic acids is 1. The van der Waals surface area contributed by atoms with Gasteiger partial charge in [0.1, 0.15) is 5.75 Å². The number of aliphatic hydroxyl groups excluding tert-OH is 2. The van der Waals surface area contributed by atoms with Crippen LogP contribution in [0.1, 0.15) is 12.0 Å². The van der Waals surface area contributed by atoms with Gasteiger partial charge in [0.05, 0.1) is 25.7 Å². The first-order valence-corrected chi connectivity index (χ1v) is 5.71. The minimum atomic E-state index is -1.00. The molecule has 2 unspecified atom stereocenters. The number of carboxylic acid groups (broad SMARTS) is 1. The second-order valence-electron chi connectivity index (χ2n) is 4.16. The van der Waals surface area contributed by atoms with Crippen molar-refractivity contribution < 1.29 is 24.9 Å². The first-order chi connectivity index (χ1) is 8.56. The maximum absolute atomic E-state index is 11.1. The van der Waals surface area contributed by atoms with Crippen LogP contribution in [0.2, 0.25) is 0 Å². The molecule has 0 spiro atoms. The Bertz CT molecular complexity index is 391. The highest BCUT2D eigenvalue weighted by Crippen LogP contribution is 2.19. The fraction of sp³-hybridized carbons (Fsp3) is 0.462. The monoisotopic (exact) mass is 254 g/mol. The van der Waals surface area contributed by atoms with E-state index in [2.05, 4.69) is 0 Å². The third-order valence-electron chi connectivity index (χ3n) is 2.73. The molecule has 100 valence electrons. The molecule has 0 aliphatic rings. The molecular formula is C13H18O5. The van der Waals surface area contributed by atoms with Gasteiger partial charge in [-0.05, 0) is 30.5 Å². The Balaban J connectivity index is 2.73. The fourth-order valence-corrected chi connectivity index (χ4v) is 1.76. The van der Waals surface area contributed by atoms with E-state index in [1.807, 2.05) is 6.07 Å². The van der Waals surface area contributed by atoms with Crippen molar-refractivity contribution in [1.29, 1.82) is 0 Å². The van der Waals surface area contributed by atoms with Gasteiger partial charge >= 0.3 is 5.97 Å². The summed E-state index contributed by atoms with van der Waals surface area (Å²) in [5.41, 5.74) is 0.826. The van der Waals surface area contributed by atoms with Gasteiger partial charge in [0.2, 0.25) is 0 Å². The smallest absolute Gasteiger partial charge is 0.306 e. The molecule has 3 N–H and O–H groups in total. The van der Waals surface area contributed by atoms with Crippen LogP contribution in [-0.2, 0) is 11.2 Å². The SMILES string of the molecule is COc1cccc(CC(CC(O)CO)C(=O)O)c1. The lowest BCUT2D eigenvalue weighted by atomic mass is 9.94. The zero-order valence-corrected chi connectivity index (χ0v) is 10.2. The summed E-state index contributed by atoms with van der Waals surface area (Å²) in [7, 11) is 1.54. The molecule has 0 fully saturated rings. The topological polar surface area (TPSA) is 87.0 Å². The molecule has 18 heavy (non-hydrogen) atoms. The molecule has 1 rings (SSSR count). The average Bonchev–Trinajstić information content (AvgIpc) is 2.37. The van der Waals surface area contributed by atoms with Crippen molar-refractivity contribution in [1.82, 2.24) is 0 Å². The van der Waals surface area contributed by atoms with Crippen LogP contribution in [0.4, 0.5) is 0 Å². The highest BCUT2D eigenvalue weighted by molar-refractivity contribution is 5.70. The van der Waals surface area contributed by atoms with Crippen molar-refractivity contribution in [2.24, 2.45) is 5.92 Å². The largest absolute Gasteiger partial charge is 0.497 e. The van der Waals surface area contributed by atoms with Gasteiger partial charge in [0.25, 0.3) is 0 Å². The van der Waals surface area contributed by atoms with Gasteiger partial charge in [-0.3, -0.25) is 4.79 Å². The Morgan fingerprint density at radius 3 is 2.72 bits per heavy atom. The highest BCUT2D eigenvalue weighted by atomic mass is 16.5. The van der Waals surface area contributed by atoms with Gasteiger partial charge in [0, 0.05) is 0 Å². The van der Waals surface area contributed by atoms with Gasteiger partial charge in [-0.1, -0.05) is 12.1 Å². The minimum Gasteiger partial charge on any atom is -0.497 e. The molecule has 0 amide bonds. The van der Waals surface area contributed by atoms with Crippen LogP contribution in [-0.4, -0.2) is 41.1 Å². The third-order valence-corrected chi connectivity index (χ3v) is 2.73. The first kappa shape index (κ1) is 14.5. The molecule has 0 aliphatic heterocycles. The van der Waals surface area contributed by atoms with Crippen molar-refractivity contribution in [3.8, 4) is 5.75 Å². The van der Waals surface area contributed by atoms with E-state index >= 15 is 0 Å². The van der Waals surface area contributed by atoms with Crippen LogP contribution in [0.3, 0.4) is 0 Å². The summed E-state index contributed by atoms with van der Waals surface area (Å²) in [6.07, 6.45) is -0.677. The Labute approximate surface area is 106 Å². The lowest BCUT2D eigenvalue weighted by Gasteiger charge is -2.15. The second kappa shape index (κ2) is 6.98. The number of benzene rings is 1. The Kier molecular flexibility index (Phi) is 5.61. The number of rotatable bonds is 7. The number of hydrogen-bond donors (Lipinski definition) is 3. The summed E-state index contributed by atoms with van der Waals surface area (Å²) in [6, 6.07) is 7.14. The van der Waals surface area contributed by atoms with Crippen molar-refractivity contribution in [2.45, 2.75) is 18.9 Å². The summed E-state index contributed by atoms with van der Waals surface area (Å²) in [6.45, 7) is -0.429.